The summed E-state index contributed by atoms with van der Waals surface area (Å²) in [5.74, 6) is -1.53. The molecule has 0 heterocycles. The van der Waals surface area contributed by atoms with Crippen LogP contribution in [0.25, 0.3) is 0 Å². The number of carbonyl (C=O) groups is 2. The number of rotatable bonds is 4. The van der Waals surface area contributed by atoms with Crippen LogP contribution in [0.1, 0.15) is 6.92 Å². The SMILES string of the molecule is C[C@H](NCl)C(=O)NCC(=O)O. The lowest BCUT2D eigenvalue weighted by Crippen LogP contribution is -2.40. The molecule has 6 heteroatoms. The van der Waals surface area contributed by atoms with Crippen LogP contribution in [-0.2, 0) is 9.59 Å². The number of hydrogen-bond acceptors (Lipinski definition) is 3. The molecule has 0 saturated heterocycles. The minimum atomic E-state index is -1.08. The van der Waals surface area contributed by atoms with Gasteiger partial charge in [-0.05, 0) is 18.7 Å². The van der Waals surface area contributed by atoms with Crippen molar-refractivity contribution in [3.8, 4) is 0 Å². The first kappa shape index (κ1) is 10.2. The predicted octanol–water partition coefficient (Wildman–Crippen LogP) is -0.681. The van der Waals surface area contributed by atoms with E-state index in [4.69, 9.17) is 16.9 Å². The topological polar surface area (TPSA) is 78.4 Å². The Morgan fingerprint density at radius 2 is 2.18 bits per heavy atom. The van der Waals surface area contributed by atoms with Crippen molar-refractivity contribution in [3.63, 3.8) is 0 Å². The van der Waals surface area contributed by atoms with E-state index in [1.54, 1.807) is 0 Å². The Balaban J connectivity index is 3.60. The van der Waals surface area contributed by atoms with E-state index in [9.17, 15) is 9.59 Å². The van der Waals surface area contributed by atoms with Gasteiger partial charge in [-0.25, -0.2) is 4.84 Å². The highest BCUT2D eigenvalue weighted by Gasteiger charge is 2.10. The summed E-state index contributed by atoms with van der Waals surface area (Å²) in [5, 5.41) is 10.3. The molecular formula is C5H9ClN2O3. The maximum atomic E-state index is 10.8. The summed E-state index contributed by atoms with van der Waals surface area (Å²) in [4.78, 5) is 22.9. The Morgan fingerprint density at radius 3 is 2.55 bits per heavy atom. The summed E-state index contributed by atoms with van der Waals surface area (Å²) in [6.07, 6.45) is 0. The summed E-state index contributed by atoms with van der Waals surface area (Å²) in [5.41, 5.74) is 0. The largest absolute Gasteiger partial charge is 0.480 e. The van der Waals surface area contributed by atoms with Gasteiger partial charge in [0.05, 0.1) is 6.04 Å². The van der Waals surface area contributed by atoms with Crippen molar-refractivity contribution in [1.29, 1.82) is 0 Å². The minimum absolute atomic E-state index is 0.387. The van der Waals surface area contributed by atoms with Crippen molar-refractivity contribution in [3.05, 3.63) is 0 Å². The molecule has 0 rings (SSSR count). The molecule has 0 aliphatic rings. The standard InChI is InChI=1S/C5H9ClN2O3/c1-3(8-6)5(11)7-2-4(9)10/h3,8H,2H2,1H3,(H,7,11)(H,9,10)/t3-/m0/s1. The van der Waals surface area contributed by atoms with E-state index in [1.807, 2.05) is 0 Å². The third-order valence-corrected chi connectivity index (χ3v) is 1.30. The van der Waals surface area contributed by atoms with Gasteiger partial charge in [-0.1, -0.05) is 0 Å². The number of carbonyl (C=O) groups excluding carboxylic acids is 1. The van der Waals surface area contributed by atoms with Gasteiger partial charge in [-0.15, -0.1) is 0 Å². The molecule has 0 aromatic rings. The summed E-state index contributed by atoms with van der Waals surface area (Å²) in [7, 11) is 0. The third kappa shape index (κ3) is 4.58. The van der Waals surface area contributed by atoms with Crippen LogP contribution in [0.15, 0.2) is 0 Å². The van der Waals surface area contributed by atoms with E-state index in [2.05, 4.69) is 10.2 Å². The van der Waals surface area contributed by atoms with Gasteiger partial charge < -0.3 is 10.4 Å². The van der Waals surface area contributed by atoms with E-state index >= 15 is 0 Å². The molecule has 0 unspecified atom stereocenters. The lowest BCUT2D eigenvalue weighted by atomic mass is 10.3. The molecule has 0 aromatic heterocycles. The monoisotopic (exact) mass is 180 g/mol. The average molecular weight is 181 g/mol. The van der Waals surface area contributed by atoms with Crippen molar-refractivity contribution < 1.29 is 14.7 Å². The molecule has 5 nitrogen and oxygen atoms in total. The summed E-state index contributed by atoms with van der Waals surface area (Å²) in [6.45, 7) is 1.13. The highest BCUT2D eigenvalue weighted by atomic mass is 35.5. The zero-order valence-corrected chi connectivity index (χ0v) is 6.68. The van der Waals surface area contributed by atoms with Crippen LogP contribution in [0.5, 0.6) is 0 Å². The molecule has 64 valence electrons. The molecule has 11 heavy (non-hydrogen) atoms. The fourth-order valence-electron chi connectivity index (χ4n) is 0.365. The zero-order chi connectivity index (χ0) is 8.85. The number of carboxylic acids is 1. The first-order chi connectivity index (χ1) is 5.07. The van der Waals surface area contributed by atoms with Crippen molar-refractivity contribution in [2.75, 3.05) is 6.54 Å². The summed E-state index contributed by atoms with van der Waals surface area (Å²) in [6, 6.07) is -0.587. The van der Waals surface area contributed by atoms with Crippen LogP contribution in [0, 0.1) is 0 Å². The fraction of sp³-hybridized carbons (Fsp3) is 0.600. The number of halogens is 1. The Bertz CT molecular complexity index is 162. The molecule has 0 spiro atoms. The lowest BCUT2D eigenvalue weighted by molar-refractivity contribution is -0.138. The summed E-state index contributed by atoms with van der Waals surface area (Å²) >= 11 is 5.10. The molecule has 3 N–H and O–H groups in total. The number of nitrogens with one attached hydrogen (secondary N) is 2. The maximum Gasteiger partial charge on any atom is 0.322 e. The molecular weight excluding hydrogens is 172 g/mol. The van der Waals surface area contributed by atoms with Gasteiger partial charge in [0.15, 0.2) is 0 Å². The highest BCUT2D eigenvalue weighted by molar-refractivity contribution is 6.15. The van der Waals surface area contributed by atoms with Crippen LogP contribution in [0.4, 0.5) is 0 Å². The second kappa shape index (κ2) is 4.92. The zero-order valence-electron chi connectivity index (χ0n) is 5.93. The molecule has 1 atom stereocenters. The van der Waals surface area contributed by atoms with Gasteiger partial charge in [-0.3, -0.25) is 9.59 Å². The normalized spacial score (nSPS) is 12.2. The van der Waals surface area contributed by atoms with Gasteiger partial charge >= 0.3 is 5.97 Å². The Hall–Kier alpha value is -0.810. The molecule has 0 aliphatic heterocycles. The second-order valence-electron chi connectivity index (χ2n) is 1.94. The van der Waals surface area contributed by atoms with Gasteiger partial charge in [0.2, 0.25) is 5.91 Å². The van der Waals surface area contributed by atoms with E-state index < -0.39 is 17.9 Å². The third-order valence-electron chi connectivity index (χ3n) is 0.971. The van der Waals surface area contributed by atoms with Gasteiger partial charge in [0, 0.05) is 0 Å². The maximum absolute atomic E-state index is 10.8. The first-order valence-electron chi connectivity index (χ1n) is 2.93. The van der Waals surface area contributed by atoms with E-state index in [1.165, 1.54) is 6.92 Å². The Labute approximate surface area is 68.8 Å². The van der Waals surface area contributed by atoms with Crippen LogP contribution >= 0.6 is 11.8 Å². The highest BCUT2D eigenvalue weighted by Crippen LogP contribution is 1.81. The van der Waals surface area contributed by atoms with E-state index in [0.717, 1.165) is 0 Å². The van der Waals surface area contributed by atoms with Gasteiger partial charge in [0.25, 0.3) is 0 Å². The van der Waals surface area contributed by atoms with Crippen LogP contribution in [-0.4, -0.2) is 29.6 Å². The fourth-order valence-corrected chi connectivity index (χ4v) is 0.464. The van der Waals surface area contributed by atoms with Gasteiger partial charge in [0.1, 0.15) is 6.54 Å². The molecule has 0 aliphatic carbocycles. The lowest BCUT2D eigenvalue weighted by Gasteiger charge is -2.06. The average Bonchev–Trinajstić information content (AvgIpc) is 1.98. The van der Waals surface area contributed by atoms with Crippen LogP contribution in [0.3, 0.4) is 0 Å². The smallest absolute Gasteiger partial charge is 0.322 e. The van der Waals surface area contributed by atoms with E-state index in [-0.39, 0.29) is 6.54 Å². The van der Waals surface area contributed by atoms with Gasteiger partial charge in [-0.2, -0.15) is 0 Å². The Morgan fingerprint density at radius 1 is 1.64 bits per heavy atom. The molecule has 0 radical (unpaired) electrons. The summed E-state index contributed by atoms with van der Waals surface area (Å²) < 4.78 is 0. The van der Waals surface area contributed by atoms with Crippen molar-refractivity contribution in [1.82, 2.24) is 10.2 Å². The second-order valence-corrected chi connectivity index (χ2v) is 2.16. The molecule has 0 fully saturated rings. The van der Waals surface area contributed by atoms with E-state index in [0.29, 0.717) is 0 Å². The number of aliphatic carboxylic acids is 1. The van der Waals surface area contributed by atoms with Crippen LogP contribution < -0.4 is 10.2 Å². The molecule has 1 amide bonds. The van der Waals surface area contributed by atoms with Crippen LogP contribution in [0.2, 0.25) is 0 Å². The van der Waals surface area contributed by atoms with Crippen molar-refractivity contribution in [2.45, 2.75) is 13.0 Å². The predicted molar refractivity (Wildman–Crippen MR) is 39.1 cm³/mol. The number of hydrogen-bond donors (Lipinski definition) is 3. The molecule has 0 aromatic carbocycles. The van der Waals surface area contributed by atoms with Crippen molar-refractivity contribution in [2.24, 2.45) is 0 Å². The molecule has 0 bridgehead atoms. The first-order valence-corrected chi connectivity index (χ1v) is 3.31. The quantitative estimate of drug-likeness (QED) is 0.501. The molecule has 0 saturated carbocycles. The number of carboxylic acid groups (broad SMARTS) is 1. The Kier molecular flexibility index (Phi) is 4.56. The number of amides is 1. The minimum Gasteiger partial charge on any atom is -0.480 e. The van der Waals surface area contributed by atoms with Crippen molar-refractivity contribution >= 4 is 23.7 Å².